The first kappa shape index (κ1) is 13.8. The molecule has 1 heterocycles. The average molecular weight is 268 g/mol. The first-order valence-electron chi connectivity index (χ1n) is 6.75. The molecule has 0 bridgehead atoms. The summed E-state index contributed by atoms with van der Waals surface area (Å²) in [6, 6.07) is 0. The Balaban J connectivity index is 1.56. The molecule has 0 aromatic carbocycles. The highest BCUT2D eigenvalue weighted by atomic mass is 16.6. The van der Waals surface area contributed by atoms with Crippen molar-refractivity contribution in [1.29, 1.82) is 0 Å². The summed E-state index contributed by atoms with van der Waals surface area (Å²) < 4.78 is 10.1. The summed E-state index contributed by atoms with van der Waals surface area (Å²) in [7, 11) is 0. The predicted octanol–water partition coefficient (Wildman–Crippen LogP) is 1.12. The van der Waals surface area contributed by atoms with E-state index in [-0.39, 0.29) is 17.4 Å². The van der Waals surface area contributed by atoms with E-state index in [2.05, 4.69) is 20.3 Å². The fourth-order valence-corrected chi connectivity index (χ4v) is 2.19. The first-order valence-corrected chi connectivity index (χ1v) is 6.75. The summed E-state index contributed by atoms with van der Waals surface area (Å²) >= 11 is 0. The Bertz CT molecular complexity index is 401. The molecule has 3 N–H and O–H groups in total. The summed E-state index contributed by atoms with van der Waals surface area (Å²) in [5, 5.41) is 9.49. The van der Waals surface area contributed by atoms with Crippen molar-refractivity contribution in [1.82, 2.24) is 15.6 Å². The lowest BCUT2D eigenvalue weighted by atomic mass is 9.98. The van der Waals surface area contributed by atoms with Gasteiger partial charge in [0, 0.05) is 13.2 Å². The lowest BCUT2D eigenvalue weighted by Gasteiger charge is -2.21. The molecule has 0 unspecified atom stereocenters. The third-order valence-electron chi connectivity index (χ3n) is 3.24. The third kappa shape index (κ3) is 4.20. The second-order valence-corrected chi connectivity index (χ2v) is 4.74. The van der Waals surface area contributed by atoms with Crippen LogP contribution >= 0.6 is 0 Å². The molecule has 106 valence electrons. The van der Waals surface area contributed by atoms with Crippen molar-refractivity contribution in [3.05, 3.63) is 5.69 Å². The molecule has 1 amide bonds. The Morgan fingerprint density at radius 3 is 2.84 bits per heavy atom. The number of rotatable bonds is 6. The summed E-state index contributed by atoms with van der Waals surface area (Å²) in [5.41, 5.74) is 5.45. The number of aromatic nitrogens is 2. The molecule has 1 aliphatic rings. The van der Waals surface area contributed by atoms with E-state index < -0.39 is 0 Å². The fourth-order valence-electron chi connectivity index (χ4n) is 2.19. The number of carbonyl (C=O) groups is 1. The maximum atomic E-state index is 11.6. The predicted molar refractivity (Wildman–Crippen MR) is 68.5 cm³/mol. The molecule has 19 heavy (non-hydrogen) atoms. The summed E-state index contributed by atoms with van der Waals surface area (Å²) in [6.45, 7) is 1.19. The minimum Gasteiger partial charge on any atom is -0.379 e. The molecule has 1 fully saturated rings. The summed E-state index contributed by atoms with van der Waals surface area (Å²) in [6.07, 6.45) is 7.34. The van der Waals surface area contributed by atoms with Crippen LogP contribution in [0.3, 0.4) is 0 Å². The minimum absolute atomic E-state index is 0.0101. The molecule has 0 atom stereocenters. The third-order valence-corrected chi connectivity index (χ3v) is 3.24. The van der Waals surface area contributed by atoms with Crippen LogP contribution in [0.2, 0.25) is 0 Å². The molecule has 7 heteroatoms. The van der Waals surface area contributed by atoms with Gasteiger partial charge in [-0.1, -0.05) is 19.3 Å². The van der Waals surface area contributed by atoms with Crippen LogP contribution < -0.4 is 11.1 Å². The molecular weight excluding hydrogens is 248 g/mol. The van der Waals surface area contributed by atoms with Crippen molar-refractivity contribution in [3.8, 4) is 0 Å². The van der Waals surface area contributed by atoms with Crippen LogP contribution in [-0.4, -0.2) is 35.5 Å². The second-order valence-electron chi connectivity index (χ2n) is 4.74. The zero-order chi connectivity index (χ0) is 13.5. The van der Waals surface area contributed by atoms with Crippen LogP contribution in [0.25, 0.3) is 0 Å². The lowest BCUT2D eigenvalue weighted by molar-refractivity contribution is 0.0273. The zero-order valence-electron chi connectivity index (χ0n) is 10.9. The molecule has 1 aromatic rings. The molecule has 1 aliphatic carbocycles. The monoisotopic (exact) mass is 268 g/mol. The van der Waals surface area contributed by atoms with Crippen molar-refractivity contribution in [3.63, 3.8) is 0 Å². The Kier molecular flexibility index (Phi) is 5.14. The van der Waals surface area contributed by atoms with Crippen LogP contribution in [0.4, 0.5) is 5.82 Å². The van der Waals surface area contributed by atoms with Gasteiger partial charge in [0.1, 0.15) is 0 Å². The smallest absolute Gasteiger partial charge is 0.277 e. The maximum absolute atomic E-state index is 11.6. The number of nitrogen functional groups attached to an aromatic ring is 1. The molecule has 0 saturated heterocycles. The van der Waals surface area contributed by atoms with Gasteiger partial charge >= 0.3 is 0 Å². The van der Waals surface area contributed by atoms with Crippen LogP contribution in [0, 0.1) is 0 Å². The number of amides is 1. The number of carbonyl (C=O) groups excluding carboxylic acids is 1. The number of hydrogen-bond donors (Lipinski definition) is 2. The number of nitrogens with zero attached hydrogens (tertiary/aromatic N) is 2. The Morgan fingerprint density at radius 1 is 1.37 bits per heavy atom. The molecule has 2 rings (SSSR count). The summed E-state index contributed by atoms with van der Waals surface area (Å²) in [5.74, 6) is -0.354. The van der Waals surface area contributed by atoms with Crippen molar-refractivity contribution in [2.24, 2.45) is 0 Å². The minimum atomic E-state index is -0.364. The molecule has 1 aromatic heterocycles. The number of nitrogens with one attached hydrogen (secondary N) is 1. The largest absolute Gasteiger partial charge is 0.379 e. The Labute approximate surface area is 111 Å². The van der Waals surface area contributed by atoms with E-state index in [9.17, 15) is 4.79 Å². The first-order chi connectivity index (χ1) is 9.27. The van der Waals surface area contributed by atoms with Gasteiger partial charge in [0.05, 0.1) is 6.10 Å². The molecule has 0 aliphatic heterocycles. The van der Waals surface area contributed by atoms with Gasteiger partial charge in [-0.25, -0.2) is 4.63 Å². The van der Waals surface area contributed by atoms with Gasteiger partial charge < -0.3 is 15.8 Å². The van der Waals surface area contributed by atoms with Crippen molar-refractivity contribution < 1.29 is 14.2 Å². The van der Waals surface area contributed by atoms with Crippen LogP contribution in [0.5, 0.6) is 0 Å². The van der Waals surface area contributed by atoms with E-state index in [0.717, 1.165) is 19.3 Å². The van der Waals surface area contributed by atoms with Crippen molar-refractivity contribution >= 4 is 11.7 Å². The van der Waals surface area contributed by atoms with Gasteiger partial charge in [0.25, 0.3) is 5.91 Å². The lowest BCUT2D eigenvalue weighted by Crippen LogP contribution is -2.27. The Morgan fingerprint density at radius 2 is 2.16 bits per heavy atom. The molecule has 0 spiro atoms. The highest BCUT2D eigenvalue weighted by Crippen LogP contribution is 2.20. The van der Waals surface area contributed by atoms with E-state index in [4.69, 9.17) is 10.5 Å². The number of anilines is 1. The Hall–Kier alpha value is -1.63. The van der Waals surface area contributed by atoms with E-state index in [1.54, 1.807) is 0 Å². The van der Waals surface area contributed by atoms with Crippen molar-refractivity contribution in [2.75, 3.05) is 18.9 Å². The van der Waals surface area contributed by atoms with Crippen LogP contribution in [0.1, 0.15) is 49.0 Å². The maximum Gasteiger partial charge on any atom is 0.277 e. The van der Waals surface area contributed by atoms with Crippen molar-refractivity contribution in [2.45, 2.75) is 44.6 Å². The number of hydrogen-bond acceptors (Lipinski definition) is 6. The van der Waals surface area contributed by atoms with E-state index in [1.807, 2.05) is 0 Å². The highest BCUT2D eigenvalue weighted by molar-refractivity contribution is 5.95. The molecular formula is C12H20N4O3. The summed E-state index contributed by atoms with van der Waals surface area (Å²) in [4.78, 5) is 11.6. The van der Waals surface area contributed by atoms with E-state index >= 15 is 0 Å². The quantitative estimate of drug-likeness (QED) is 0.749. The zero-order valence-corrected chi connectivity index (χ0v) is 10.9. The van der Waals surface area contributed by atoms with Gasteiger partial charge in [-0.05, 0) is 29.6 Å². The number of ether oxygens (including phenoxy) is 1. The fraction of sp³-hybridized carbons (Fsp3) is 0.750. The molecule has 0 radical (unpaired) electrons. The van der Waals surface area contributed by atoms with Crippen LogP contribution in [0.15, 0.2) is 4.63 Å². The average Bonchev–Trinajstić information content (AvgIpc) is 2.86. The van der Waals surface area contributed by atoms with Gasteiger partial charge in [0.15, 0.2) is 0 Å². The molecule has 7 nitrogen and oxygen atoms in total. The topological polar surface area (TPSA) is 103 Å². The van der Waals surface area contributed by atoms with Gasteiger partial charge in [0.2, 0.25) is 11.5 Å². The second kappa shape index (κ2) is 7.08. The normalized spacial score (nSPS) is 16.4. The van der Waals surface area contributed by atoms with E-state index in [1.165, 1.54) is 19.3 Å². The van der Waals surface area contributed by atoms with Crippen LogP contribution in [-0.2, 0) is 4.74 Å². The SMILES string of the molecule is Nc1nonc1C(=O)NCCCOC1CCCCC1. The van der Waals surface area contributed by atoms with Gasteiger partial charge in [-0.2, -0.15) is 0 Å². The van der Waals surface area contributed by atoms with E-state index in [0.29, 0.717) is 19.3 Å². The van der Waals surface area contributed by atoms with Gasteiger partial charge in [-0.3, -0.25) is 4.79 Å². The van der Waals surface area contributed by atoms with Gasteiger partial charge in [-0.15, -0.1) is 0 Å². The standard InChI is InChI=1S/C12H20N4O3/c13-11-10(15-19-16-11)12(17)14-7-4-8-18-9-5-2-1-3-6-9/h9H,1-8H2,(H2,13,16)(H,14,17). The highest BCUT2D eigenvalue weighted by Gasteiger charge is 2.15. The molecule has 1 saturated carbocycles. The number of nitrogens with two attached hydrogens (primary N) is 1.